The second-order valence-corrected chi connectivity index (χ2v) is 4.11. The third kappa shape index (κ3) is 3.32. The predicted octanol–water partition coefficient (Wildman–Crippen LogP) is 2.43. The number of aromatic nitrogens is 1. The van der Waals surface area contributed by atoms with Gasteiger partial charge in [-0.3, -0.25) is 0 Å². The summed E-state index contributed by atoms with van der Waals surface area (Å²) >= 11 is 0. The van der Waals surface area contributed by atoms with Crippen LogP contribution in [0, 0.1) is 0 Å². The summed E-state index contributed by atoms with van der Waals surface area (Å²) in [6.07, 6.45) is 2.01. The van der Waals surface area contributed by atoms with Crippen LogP contribution in [0.25, 0.3) is 0 Å². The quantitative estimate of drug-likeness (QED) is 0.877. The molecule has 0 unspecified atom stereocenters. The third-order valence-electron chi connectivity index (χ3n) is 2.83. The maximum absolute atomic E-state index is 9.33. The Hall–Kier alpha value is -2.43. The third-order valence-corrected chi connectivity index (χ3v) is 2.83. The maximum atomic E-state index is 9.33. The number of benzene rings is 1. The van der Waals surface area contributed by atoms with Crippen molar-refractivity contribution in [3.8, 4) is 23.1 Å². The number of methoxy groups -OCH3 is 2. The van der Waals surface area contributed by atoms with Crippen molar-refractivity contribution in [3.05, 3.63) is 42.1 Å². The fraction of sp³-hybridized carbons (Fsp3) is 0.267. The van der Waals surface area contributed by atoms with Gasteiger partial charge in [0, 0.05) is 12.5 Å². The first kappa shape index (κ1) is 14.0. The van der Waals surface area contributed by atoms with Crippen LogP contribution in [0.1, 0.15) is 5.56 Å². The van der Waals surface area contributed by atoms with Crippen molar-refractivity contribution in [2.24, 2.45) is 0 Å². The fourth-order valence-electron chi connectivity index (χ4n) is 1.84. The molecule has 1 N–H and O–H groups in total. The van der Waals surface area contributed by atoms with Crippen molar-refractivity contribution in [1.82, 2.24) is 4.98 Å². The van der Waals surface area contributed by atoms with Crippen LogP contribution in [0.5, 0.6) is 23.1 Å². The summed E-state index contributed by atoms with van der Waals surface area (Å²) in [5.74, 6) is 1.64. The highest BCUT2D eigenvalue weighted by Gasteiger charge is 2.08. The van der Waals surface area contributed by atoms with Crippen molar-refractivity contribution in [2.75, 3.05) is 20.8 Å². The van der Waals surface area contributed by atoms with Crippen LogP contribution in [0.15, 0.2) is 36.5 Å². The van der Waals surface area contributed by atoms with Gasteiger partial charge >= 0.3 is 0 Å². The lowest BCUT2D eigenvalue weighted by molar-refractivity contribution is 0.282. The molecule has 20 heavy (non-hydrogen) atoms. The van der Waals surface area contributed by atoms with E-state index in [1.807, 2.05) is 24.3 Å². The van der Waals surface area contributed by atoms with Gasteiger partial charge < -0.3 is 19.3 Å². The Bertz CT molecular complexity index is 572. The molecule has 1 aromatic carbocycles. The van der Waals surface area contributed by atoms with E-state index in [9.17, 15) is 5.11 Å². The molecule has 0 aliphatic heterocycles. The van der Waals surface area contributed by atoms with Crippen LogP contribution in [-0.4, -0.2) is 30.9 Å². The Morgan fingerprint density at radius 3 is 2.60 bits per heavy atom. The lowest BCUT2D eigenvalue weighted by atomic mass is 10.1. The number of aromatic hydroxyl groups is 1. The van der Waals surface area contributed by atoms with Gasteiger partial charge in [-0.15, -0.1) is 0 Å². The number of hydrogen-bond acceptors (Lipinski definition) is 5. The number of pyridine rings is 1. The average Bonchev–Trinajstić information content (AvgIpc) is 2.49. The Balaban J connectivity index is 1.99. The molecule has 2 rings (SSSR count). The van der Waals surface area contributed by atoms with Gasteiger partial charge in [-0.2, -0.15) is 0 Å². The van der Waals surface area contributed by atoms with E-state index in [0.29, 0.717) is 24.7 Å². The Morgan fingerprint density at radius 2 is 1.85 bits per heavy atom. The van der Waals surface area contributed by atoms with Gasteiger partial charge in [0.15, 0.2) is 5.75 Å². The van der Waals surface area contributed by atoms with Crippen LogP contribution < -0.4 is 14.2 Å². The number of nitrogens with zero attached hydrogens (tertiary/aromatic N) is 1. The summed E-state index contributed by atoms with van der Waals surface area (Å²) < 4.78 is 16.0. The van der Waals surface area contributed by atoms with Gasteiger partial charge in [-0.1, -0.05) is 18.2 Å². The average molecular weight is 275 g/mol. The van der Waals surface area contributed by atoms with Crippen LogP contribution in [-0.2, 0) is 6.42 Å². The fourth-order valence-corrected chi connectivity index (χ4v) is 1.84. The largest absolute Gasteiger partial charge is 0.506 e. The summed E-state index contributed by atoms with van der Waals surface area (Å²) in [6, 6.07) is 9.24. The van der Waals surface area contributed by atoms with E-state index in [-0.39, 0.29) is 5.75 Å². The summed E-state index contributed by atoms with van der Waals surface area (Å²) in [7, 11) is 3.15. The molecule has 0 saturated carbocycles. The van der Waals surface area contributed by atoms with Crippen molar-refractivity contribution < 1.29 is 19.3 Å². The lowest BCUT2D eigenvalue weighted by Gasteiger charge is -2.11. The summed E-state index contributed by atoms with van der Waals surface area (Å²) in [6.45, 7) is 0.439. The second-order valence-electron chi connectivity index (χ2n) is 4.11. The van der Waals surface area contributed by atoms with Crippen molar-refractivity contribution in [3.63, 3.8) is 0 Å². The van der Waals surface area contributed by atoms with Crippen molar-refractivity contribution in [2.45, 2.75) is 6.42 Å². The molecule has 0 saturated heterocycles. The molecule has 5 nitrogen and oxygen atoms in total. The molecule has 0 aliphatic carbocycles. The highest BCUT2D eigenvalue weighted by atomic mass is 16.5. The number of ether oxygens (including phenoxy) is 3. The molecule has 2 aromatic rings. The molecule has 1 heterocycles. The van der Waals surface area contributed by atoms with E-state index < -0.39 is 0 Å². The van der Waals surface area contributed by atoms with Gasteiger partial charge in [0.1, 0.15) is 11.5 Å². The summed E-state index contributed by atoms with van der Waals surface area (Å²) in [5, 5.41) is 9.33. The van der Waals surface area contributed by atoms with Crippen molar-refractivity contribution >= 4 is 0 Å². The number of hydrogen-bond donors (Lipinski definition) is 1. The zero-order valence-electron chi connectivity index (χ0n) is 11.5. The zero-order valence-corrected chi connectivity index (χ0v) is 11.5. The van der Waals surface area contributed by atoms with Crippen LogP contribution in [0.4, 0.5) is 0 Å². The molecular weight excluding hydrogens is 258 g/mol. The molecule has 106 valence electrons. The Morgan fingerprint density at radius 1 is 1.10 bits per heavy atom. The molecule has 5 heteroatoms. The number of para-hydroxylation sites is 1. The topological polar surface area (TPSA) is 60.8 Å². The predicted molar refractivity (Wildman–Crippen MR) is 74.6 cm³/mol. The van der Waals surface area contributed by atoms with Crippen LogP contribution in [0.2, 0.25) is 0 Å². The Labute approximate surface area is 117 Å². The van der Waals surface area contributed by atoms with E-state index in [1.54, 1.807) is 7.11 Å². The highest BCUT2D eigenvalue weighted by Crippen LogP contribution is 2.28. The second kappa shape index (κ2) is 6.65. The SMILES string of the molecule is COc1ccccc1CCOc1ncc(O)cc1OC. The summed E-state index contributed by atoms with van der Waals surface area (Å²) in [5.41, 5.74) is 1.06. The molecule has 0 atom stereocenters. The normalized spacial score (nSPS) is 10.1. The molecule has 0 fully saturated rings. The molecule has 0 spiro atoms. The van der Waals surface area contributed by atoms with Crippen molar-refractivity contribution in [1.29, 1.82) is 0 Å². The zero-order chi connectivity index (χ0) is 14.4. The first-order chi connectivity index (χ1) is 9.74. The Kier molecular flexibility index (Phi) is 4.65. The smallest absolute Gasteiger partial charge is 0.257 e. The molecule has 0 bridgehead atoms. The van der Waals surface area contributed by atoms with Crippen LogP contribution >= 0.6 is 0 Å². The van der Waals surface area contributed by atoms with Crippen LogP contribution in [0.3, 0.4) is 0 Å². The molecule has 0 aliphatic rings. The van der Waals surface area contributed by atoms with Gasteiger partial charge in [0.25, 0.3) is 5.88 Å². The lowest BCUT2D eigenvalue weighted by Crippen LogP contribution is -2.05. The van der Waals surface area contributed by atoms with E-state index in [4.69, 9.17) is 14.2 Å². The first-order valence-corrected chi connectivity index (χ1v) is 6.22. The highest BCUT2D eigenvalue weighted by molar-refractivity contribution is 5.38. The minimum absolute atomic E-state index is 0.0407. The monoisotopic (exact) mass is 275 g/mol. The minimum atomic E-state index is 0.0407. The van der Waals surface area contributed by atoms with E-state index >= 15 is 0 Å². The van der Waals surface area contributed by atoms with Gasteiger partial charge in [0.05, 0.1) is 27.0 Å². The van der Waals surface area contributed by atoms with E-state index in [0.717, 1.165) is 11.3 Å². The molecule has 0 amide bonds. The van der Waals surface area contributed by atoms with E-state index in [1.165, 1.54) is 19.4 Å². The van der Waals surface area contributed by atoms with Gasteiger partial charge in [-0.25, -0.2) is 4.98 Å². The standard InChI is InChI=1S/C15H17NO4/c1-18-13-6-4-3-5-11(13)7-8-20-15-14(19-2)9-12(17)10-16-15/h3-6,9-10,17H,7-8H2,1-2H3. The summed E-state index contributed by atoms with van der Waals surface area (Å²) in [4.78, 5) is 3.99. The van der Waals surface area contributed by atoms with Gasteiger partial charge in [-0.05, 0) is 11.6 Å². The van der Waals surface area contributed by atoms with E-state index in [2.05, 4.69) is 4.98 Å². The molecule has 1 aromatic heterocycles. The minimum Gasteiger partial charge on any atom is -0.506 e. The maximum Gasteiger partial charge on any atom is 0.257 e. The molecular formula is C15H17NO4. The molecule has 0 radical (unpaired) electrons. The first-order valence-electron chi connectivity index (χ1n) is 6.22. The number of rotatable bonds is 6. The van der Waals surface area contributed by atoms with Gasteiger partial charge in [0.2, 0.25) is 0 Å².